The molecule has 0 radical (unpaired) electrons. The van der Waals surface area contributed by atoms with E-state index in [0.29, 0.717) is 6.54 Å². The van der Waals surface area contributed by atoms with Gasteiger partial charge in [0.25, 0.3) is 5.91 Å². The topological polar surface area (TPSA) is 32.3 Å². The number of rotatable bonds is 4. The molecule has 1 heterocycles. The van der Waals surface area contributed by atoms with Crippen molar-refractivity contribution in [3.05, 3.63) is 70.5 Å². The van der Waals surface area contributed by atoms with Crippen molar-refractivity contribution in [1.29, 1.82) is 0 Å². The molecule has 0 unspecified atom stereocenters. The van der Waals surface area contributed by atoms with E-state index < -0.39 is 0 Å². The number of amides is 1. The zero-order valence-electron chi connectivity index (χ0n) is 13.3. The maximum atomic E-state index is 13.4. The predicted octanol–water partition coefficient (Wildman–Crippen LogP) is 3.66. The maximum Gasteiger partial charge on any atom is 0.254 e. The highest BCUT2D eigenvalue weighted by molar-refractivity contribution is 5.95. The number of benzene rings is 2. The number of fused-ring (bicyclic) bond motifs is 1. The van der Waals surface area contributed by atoms with Crippen LogP contribution in [0.1, 0.15) is 39.9 Å². The second-order valence-corrected chi connectivity index (χ2v) is 6.38. The molecule has 5 heteroatoms. The molecule has 0 saturated heterocycles. The zero-order chi connectivity index (χ0) is 15.8. The Morgan fingerprint density at radius 3 is 2.67 bits per heavy atom. The van der Waals surface area contributed by atoms with Crippen molar-refractivity contribution in [3.8, 4) is 0 Å². The highest BCUT2D eigenvalue weighted by Crippen LogP contribution is 2.30. The highest BCUT2D eigenvalue weighted by atomic mass is 35.5. The van der Waals surface area contributed by atoms with Crippen LogP contribution < -0.4 is 5.32 Å². The fourth-order valence-corrected chi connectivity index (χ4v) is 3.18. The molecule has 0 spiro atoms. The summed E-state index contributed by atoms with van der Waals surface area (Å²) in [4.78, 5) is 14.8. The van der Waals surface area contributed by atoms with Crippen LogP contribution in [0.3, 0.4) is 0 Å². The fourth-order valence-electron chi connectivity index (χ4n) is 3.18. The molecular weight excluding hydrogens is 327 g/mol. The Bertz CT molecular complexity index is 761. The molecule has 0 atom stereocenters. The van der Waals surface area contributed by atoms with Gasteiger partial charge < -0.3 is 10.2 Å². The van der Waals surface area contributed by atoms with Gasteiger partial charge in [0.15, 0.2) is 0 Å². The van der Waals surface area contributed by atoms with Gasteiger partial charge in [0, 0.05) is 31.2 Å². The summed E-state index contributed by atoms with van der Waals surface area (Å²) >= 11 is 0. The number of carbonyl (C=O) groups is 1. The summed E-state index contributed by atoms with van der Waals surface area (Å²) in [5.41, 5.74) is 4.05. The number of nitrogens with one attached hydrogen (secondary N) is 1. The van der Waals surface area contributed by atoms with Crippen molar-refractivity contribution in [2.24, 2.45) is 0 Å². The molecule has 1 amide bonds. The van der Waals surface area contributed by atoms with Crippen molar-refractivity contribution >= 4 is 18.3 Å². The van der Waals surface area contributed by atoms with Crippen LogP contribution >= 0.6 is 12.4 Å². The van der Waals surface area contributed by atoms with Gasteiger partial charge in [-0.3, -0.25) is 4.79 Å². The van der Waals surface area contributed by atoms with E-state index in [1.807, 2.05) is 29.2 Å². The van der Waals surface area contributed by atoms with E-state index in [0.717, 1.165) is 37.1 Å². The van der Waals surface area contributed by atoms with Crippen molar-refractivity contribution in [1.82, 2.24) is 10.2 Å². The van der Waals surface area contributed by atoms with E-state index in [2.05, 4.69) is 5.32 Å². The molecule has 1 aliphatic carbocycles. The Morgan fingerprint density at radius 2 is 1.92 bits per heavy atom. The molecule has 0 bridgehead atoms. The van der Waals surface area contributed by atoms with Gasteiger partial charge in [0.05, 0.1) is 0 Å². The van der Waals surface area contributed by atoms with Crippen LogP contribution in [0.15, 0.2) is 42.5 Å². The summed E-state index contributed by atoms with van der Waals surface area (Å²) in [7, 11) is 0. The maximum absolute atomic E-state index is 13.4. The minimum absolute atomic E-state index is 0. The Balaban J connectivity index is 0.00000169. The Morgan fingerprint density at radius 1 is 1.12 bits per heavy atom. The van der Waals surface area contributed by atoms with Crippen LogP contribution in [0.5, 0.6) is 0 Å². The fraction of sp³-hybridized carbons (Fsp3) is 0.316. The lowest BCUT2D eigenvalue weighted by molar-refractivity contribution is 0.0729. The van der Waals surface area contributed by atoms with Crippen LogP contribution in [0, 0.1) is 5.82 Å². The molecule has 2 aliphatic rings. The monoisotopic (exact) mass is 346 g/mol. The average Bonchev–Trinajstić information content (AvgIpc) is 3.28. The Kier molecular flexibility index (Phi) is 4.88. The predicted molar refractivity (Wildman–Crippen MR) is 93.5 cm³/mol. The Labute approximate surface area is 147 Å². The van der Waals surface area contributed by atoms with Crippen molar-refractivity contribution in [2.45, 2.75) is 38.5 Å². The average molecular weight is 347 g/mol. The molecule has 0 aromatic heterocycles. The molecule has 3 nitrogen and oxygen atoms in total. The Hall–Kier alpha value is -1.91. The first-order valence-electron chi connectivity index (χ1n) is 8.08. The molecule has 1 fully saturated rings. The van der Waals surface area contributed by atoms with Gasteiger partial charge in [-0.25, -0.2) is 4.39 Å². The van der Waals surface area contributed by atoms with Gasteiger partial charge >= 0.3 is 0 Å². The number of hydrogen-bond donors (Lipinski definition) is 1. The van der Waals surface area contributed by atoms with Crippen molar-refractivity contribution in [2.75, 3.05) is 0 Å². The molecule has 2 aromatic carbocycles. The minimum atomic E-state index is -0.255. The van der Waals surface area contributed by atoms with Crippen molar-refractivity contribution < 1.29 is 9.18 Å². The third kappa shape index (κ3) is 3.45. The van der Waals surface area contributed by atoms with E-state index in [1.54, 1.807) is 6.07 Å². The molecule has 1 N–H and O–H groups in total. The quantitative estimate of drug-likeness (QED) is 0.916. The number of nitrogens with zero attached hydrogens (tertiary/aromatic N) is 1. The summed E-state index contributed by atoms with van der Waals surface area (Å²) in [5, 5.41) is 3.30. The number of carbonyl (C=O) groups excluding carboxylic acids is 1. The lowest BCUT2D eigenvalue weighted by Crippen LogP contribution is -2.32. The van der Waals surface area contributed by atoms with Crippen LogP contribution in [0.25, 0.3) is 0 Å². The van der Waals surface area contributed by atoms with Gasteiger partial charge in [0.2, 0.25) is 0 Å². The summed E-state index contributed by atoms with van der Waals surface area (Å²) in [5.74, 6) is -0.208. The first-order chi connectivity index (χ1) is 11.2. The third-order valence-electron chi connectivity index (χ3n) is 4.57. The normalized spacial score (nSPS) is 15.5. The number of halogens is 2. The summed E-state index contributed by atoms with van der Waals surface area (Å²) in [6.07, 6.45) is 2.07. The van der Waals surface area contributed by atoms with Crippen LogP contribution in [0.4, 0.5) is 4.39 Å². The van der Waals surface area contributed by atoms with Gasteiger partial charge in [-0.2, -0.15) is 0 Å². The van der Waals surface area contributed by atoms with Gasteiger partial charge in [-0.15, -0.1) is 12.4 Å². The molecule has 1 aliphatic heterocycles. The smallest absolute Gasteiger partial charge is 0.254 e. The lowest BCUT2D eigenvalue weighted by Gasteiger charge is -2.23. The first kappa shape index (κ1) is 16.9. The van der Waals surface area contributed by atoms with Crippen LogP contribution in [-0.2, 0) is 19.6 Å². The summed E-state index contributed by atoms with van der Waals surface area (Å²) in [6.45, 7) is 2.17. The second-order valence-electron chi connectivity index (χ2n) is 6.38. The molecule has 4 rings (SSSR count). The van der Waals surface area contributed by atoms with Crippen LogP contribution in [-0.4, -0.2) is 16.8 Å². The summed E-state index contributed by atoms with van der Waals surface area (Å²) < 4.78 is 13.4. The van der Waals surface area contributed by atoms with E-state index in [1.165, 1.54) is 23.3 Å². The third-order valence-corrected chi connectivity index (χ3v) is 4.57. The largest absolute Gasteiger partial charge is 0.331 e. The first-order valence-corrected chi connectivity index (χ1v) is 8.08. The zero-order valence-corrected chi connectivity index (χ0v) is 14.1. The van der Waals surface area contributed by atoms with Crippen LogP contribution in [0.2, 0.25) is 0 Å². The lowest BCUT2D eigenvalue weighted by atomic mass is 10.1. The van der Waals surface area contributed by atoms with Gasteiger partial charge in [-0.05, 0) is 53.8 Å². The van der Waals surface area contributed by atoms with Gasteiger partial charge in [-0.1, -0.05) is 18.2 Å². The molecule has 2 aromatic rings. The molecule has 126 valence electrons. The standard InChI is InChI=1S/C19H19FN2O.ClH/c20-17-3-1-2-13(8-17)12-22(18-6-7-18)19(23)14-4-5-15-10-21-11-16(15)9-14;/h1-5,8-9,18,21H,6-7,10-12H2;1H. The molecule has 1 saturated carbocycles. The molecular formula is C19H20ClFN2O. The SMILES string of the molecule is Cl.O=C(c1ccc2c(c1)CNC2)N(Cc1cccc(F)c1)C1CC1. The highest BCUT2D eigenvalue weighted by Gasteiger charge is 2.33. The van der Waals surface area contributed by atoms with E-state index in [9.17, 15) is 9.18 Å². The van der Waals surface area contributed by atoms with E-state index in [4.69, 9.17) is 0 Å². The van der Waals surface area contributed by atoms with E-state index in [-0.39, 0.29) is 30.2 Å². The van der Waals surface area contributed by atoms with Crippen molar-refractivity contribution in [3.63, 3.8) is 0 Å². The van der Waals surface area contributed by atoms with Gasteiger partial charge in [0.1, 0.15) is 5.82 Å². The summed E-state index contributed by atoms with van der Waals surface area (Å²) in [6, 6.07) is 12.7. The number of hydrogen-bond acceptors (Lipinski definition) is 2. The minimum Gasteiger partial charge on any atom is -0.331 e. The second kappa shape index (κ2) is 6.91. The molecule has 24 heavy (non-hydrogen) atoms. The van der Waals surface area contributed by atoms with E-state index >= 15 is 0 Å².